The van der Waals surface area contributed by atoms with E-state index in [1.54, 1.807) is 0 Å². The Balaban J connectivity index is 2.16. The van der Waals surface area contributed by atoms with Crippen LogP contribution in [0.3, 0.4) is 0 Å². The largest absolute Gasteiger partial charge is 0.378 e. The van der Waals surface area contributed by atoms with Gasteiger partial charge in [-0.1, -0.05) is 11.6 Å². The highest BCUT2D eigenvalue weighted by molar-refractivity contribution is 6.30. The van der Waals surface area contributed by atoms with Gasteiger partial charge in [-0.25, -0.2) is 4.99 Å². The van der Waals surface area contributed by atoms with Crippen LogP contribution in [0.25, 0.3) is 0 Å². The van der Waals surface area contributed by atoms with Crippen LogP contribution >= 0.6 is 11.6 Å². The zero-order chi connectivity index (χ0) is 12.3. The van der Waals surface area contributed by atoms with Gasteiger partial charge < -0.3 is 15.4 Å². The van der Waals surface area contributed by atoms with Gasteiger partial charge in [0.1, 0.15) is 0 Å². The first-order valence-corrected chi connectivity index (χ1v) is 5.97. The van der Waals surface area contributed by atoms with Gasteiger partial charge in [-0.15, -0.1) is 0 Å². The number of halogens is 1. The van der Waals surface area contributed by atoms with Crippen molar-refractivity contribution < 1.29 is 4.74 Å². The van der Waals surface area contributed by atoms with Crippen LogP contribution in [0.15, 0.2) is 23.2 Å². The molecule has 1 aromatic carbocycles. The molecule has 1 aliphatic rings. The fourth-order valence-corrected chi connectivity index (χ4v) is 1.96. The SMILES string of the molecule is Cc1cc(Cl)ccc1N=C(N)N1CCOCC1. The lowest BCUT2D eigenvalue weighted by molar-refractivity contribution is 0.0675. The third-order valence-electron chi connectivity index (χ3n) is 2.73. The van der Waals surface area contributed by atoms with Crippen LogP contribution in [-0.2, 0) is 4.74 Å². The van der Waals surface area contributed by atoms with E-state index in [9.17, 15) is 0 Å². The molecule has 5 heteroatoms. The molecule has 92 valence electrons. The summed E-state index contributed by atoms with van der Waals surface area (Å²) in [6, 6.07) is 5.58. The van der Waals surface area contributed by atoms with Crippen LogP contribution in [0.4, 0.5) is 5.69 Å². The molecule has 0 saturated carbocycles. The van der Waals surface area contributed by atoms with Crippen molar-refractivity contribution >= 4 is 23.2 Å². The van der Waals surface area contributed by atoms with Gasteiger partial charge in [-0.2, -0.15) is 0 Å². The van der Waals surface area contributed by atoms with Crippen molar-refractivity contribution in [2.45, 2.75) is 6.92 Å². The van der Waals surface area contributed by atoms with E-state index in [1.807, 2.05) is 30.0 Å². The molecule has 0 radical (unpaired) electrons. The zero-order valence-corrected chi connectivity index (χ0v) is 10.6. The van der Waals surface area contributed by atoms with Crippen molar-refractivity contribution in [2.24, 2.45) is 10.7 Å². The third kappa shape index (κ3) is 3.11. The average Bonchev–Trinajstić information content (AvgIpc) is 2.34. The Morgan fingerprint density at radius 1 is 1.41 bits per heavy atom. The highest BCUT2D eigenvalue weighted by Crippen LogP contribution is 2.22. The van der Waals surface area contributed by atoms with E-state index in [0.717, 1.165) is 24.3 Å². The van der Waals surface area contributed by atoms with Gasteiger partial charge in [0, 0.05) is 18.1 Å². The number of hydrogen-bond acceptors (Lipinski definition) is 2. The van der Waals surface area contributed by atoms with Gasteiger partial charge in [0.05, 0.1) is 18.9 Å². The standard InChI is InChI=1S/C12H16ClN3O/c1-9-8-10(13)2-3-11(9)15-12(14)16-4-6-17-7-5-16/h2-3,8H,4-7H2,1H3,(H2,14,15). The van der Waals surface area contributed by atoms with Crippen molar-refractivity contribution in [3.63, 3.8) is 0 Å². The fourth-order valence-electron chi connectivity index (χ4n) is 1.73. The van der Waals surface area contributed by atoms with E-state index in [4.69, 9.17) is 22.1 Å². The summed E-state index contributed by atoms with van der Waals surface area (Å²) in [5, 5.41) is 0.714. The van der Waals surface area contributed by atoms with Crippen molar-refractivity contribution in [3.05, 3.63) is 28.8 Å². The molecule has 1 fully saturated rings. The molecule has 0 spiro atoms. The summed E-state index contributed by atoms with van der Waals surface area (Å²) in [4.78, 5) is 6.45. The van der Waals surface area contributed by atoms with E-state index in [-0.39, 0.29) is 0 Å². The van der Waals surface area contributed by atoms with Crippen molar-refractivity contribution in [1.29, 1.82) is 0 Å². The zero-order valence-electron chi connectivity index (χ0n) is 9.82. The molecule has 1 aromatic rings. The second-order valence-electron chi connectivity index (χ2n) is 4.00. The Kier molecular flexibility index (Phi) is 3.86. The Morgan fingerprint density at radius 2 is 2.12 bits per heavy atom. The van der Waals surface area contributed by atoms with Gasteiger partial charge in [0.25, 0.3) is 0 Å². The van der Waals surface area contributed by atoms with Gasteiger partial charge in [0.2, 0.25) is 0 Å². The quantitative estimate of drug-likeness (QED) is 0.615. The maximum atomic E-state index is 5.97. The smallest absolute Gasteiger partial charge is 0.196 e. The van der Waals surface area contributed by atoms with Crippen LogP contribution < -0.4 is 5.73 Å². The molecule has 0 unspecified atom stereocenters. The third-order valence-corrected chi connectivity index (χ3v) is 2.96. The van der Waals surface area contributed by atoms with E-state index < -0.39 is 0 Å². The molecule has 4 nitrogen and oxygen atoms in total. The monoisotopic (exact) mass is 253 g/mol. The number of nitrogens with two attached hydrogens (primary N) is 1. The molecule has 0 aromatic heterocycles. The minimum atomic E-state index is 0.540. The summed E-state index contributed by atoms with van der Waals surface area (Å²) in [5.41, 5.74) is 7.86. The van der Waals surface area contributed by atoms with Gasteiger partial charge in [-0.3, -0.25) is 0 Å². The Hall–Kier alpha value is -1.26. The molecule has 0 atom stereocenters. The van der Waals surface area contributed by atoms with Crippen LogP contribution in [0.2, 0.25) is 5.02 Å². The van der Waals surface area contributed by atoms with Gasteiger partial charge in [0.15, 0.2) is 5.96 Å². The number of benzene rings is 1. The number of rotatable bonds is 1. The molecule has 2 N–H and O–H groups in total. The molecule has 17 heavy (non-hydrogen) atoms. The first-order chi connectivity index (χ1) is 8.16. The van der Waals surface area contributed by atoms with Crippen LogP contribution in [0, 0.1) is 6.92 Å². The minimum Gasteiger partial charge on any atom is -0.378 e. The van der Waals surface area contributed by atoms with E-state index in [2.05, 4.69) is 4.99 Å². The number of morpholine rings is 1. The number of nitrogens with zero attached hydrogens (tertiary/aromatic N) is 2. The topological polar surface area (TPSA) is 50.8 Å². The van der Waals surface area contributed by atoms with E-state index in [1.165, 1.54) is 0 Å². The Labute approximate surface area is 106 Å². The number of guanidine groups is 1. The molecular formula is C12H16ClN3O. The lowest BCUT2D eigenvalue weighted by atomic mass is 10.2. The van der Waals surface area contributed by atoms with Gasteiger partial charge >= 0.3 is 0 Å². The number of aryl methyl sites for hydroxylation is 1. The summed E-state index contributed by atoms with van der Waals surface area (Å²) in [6.45, 7) is 4.97. The Morgan fingerprint density at radius 3 is 2.76 bits per heavy atom. The van der Waals surface area contributed by atoms with Crippen LogP contribution in [0.5, 0.6) is 0 Å². The molecule has 1 saturated heterocycles. The first-order valence-electron chi connectivity index (χ1n) is 5.60. The number of hydrogen-bond donors (Lipinski definition) is 1. The number of ether oxygens (including phenoxy) is 1. The second-order valence-corrected chi connectivity index (χ2v) is 4.44. The lowest BCUT2D eigenvalue weighted by Gasteiger charge is -2.27. The fraction of sp³-hybridized carbons (Fsp3) is 0.417. The van der Waals surface area contributed by atoms with Crippen LogP contribution in [-0.4, -0.2) is 37.2 Å². The van der Waals surface area contributed by atoms with Gasteiger partial charge in [-0.05, 0) is 30.7 Å². The van der Waals surface area contributed by atoms with E-state index in [0.29, 0.717) is 24.2 Å². The number of aliphatic imine (C=N–C) groups is 1. The van der Waals surface area contributed by atoms with Crippen molar-refractivity contribution in [1.82, 2.24) is 4.90 Å². The summed E-state index contributed by atoms with van der Waals surface area (Å²) in [5.74, 6) is 0.540. The summed E-state index contributed by atoms with van der Waals surface area (Å²) >= 11 is 5.90. The Bertz CT molecular complexity index is 428. The molecule has 0 amide bonds. The van der Waals surface area contributed by atoms with E-state index >= 15 is 0 Å². The molecule has 0 bridgehead atoms. The summed E-state index contributed by atoms with van der Waals surface area (Å²) < 4.78 is 5.27. The molecule has 1 heterocycles. The maximum absolute atomic E-state index is 5.97. The predicted molar refractivity (Wildman–Crippen MR) is 69.9 cm³/mol. The second kappa shape index (κ2) is 5.38. The highest BCUT2D eigenvalue weighted by Gasteiger charge is 2.12. The summed E-state index contributed by atoms with van der Waals surface area (Å²) in [6.07, 6.45) is 0. The average molecular weight is 254 g/mol. The maximum Gasteiger partial charge on any atom is 0.196 e. The highest BCUT2D eigenvalue weighted by atomic mass is 35.5. The summed E-state index contributed by atoms with van der Waals surface area (Å²) in [7, 11) is 0. The minimum absolute atomic E-state index is 0.540. The normalized spacial score (nSPS) is 17.3. The first kappa shape index (κ1) is 12.2. The molecule has 0 aliphatic carbocycles. The van der Waals surface area contributed by atoms with Crippen LogP contribution in [0.1, 0.15) is 5.56 Å². The lowest BCUT2D eigenvalue weighted by Crippen LogP contribution is -2.44. The molecular weight excluding hydrogens is 238 g/mol. The predicted octanol–water partition coefficient (Wildman–Crippen LogP) is 1.93. The van der Waals surface area contributed by atoms with Crippen molar-refractivity contribution in [3.8, 4) is 0 Å². The van der Waals surface area contributed by atoms with Crippen molar-refractivity contribution in [2.75, 3.05) is 26.3 Å². The molecule has 2 rings (SSSR count). The molecule has 1 aliphatic heterocycles.